The van der Waals surface area contributed by atoms with E-state index < -0.39 is 5.91 Å². The Morgan fingerprint density at radius 1 is 1.14 bits per heavy atom. The van der Waals surface area contributed by atoms with Crippen LogP contribution in [0.1, 0.15) is 16.1 Å². The summed E-state index contributed by atoms with van der Waals surface area (Å²) in [7, 11) is 1.60. The summed E-state index contributed by atoms with van der Waals surface area (Å²) in [5.41, 5.74) is 4.74. The van der Waals surface area contributed by atoms with Crippen molar-refractivity contribution in [1.29, 1.82) is 0 Å². The standard InChI is InChI=1S/C22H17FN4O2/c1-29-20-11-8-15-4-2-3-5-17(15)21(20)18-12-19(26-25-18)22(28)27-24-13-14-6-9-16(23)10-7-14/h2-13H,1H3,(H,25,26)(H,27,28). The molecular weight excluding hydrogens is 371 g/mol. The first kappa shape index (κ1) is 18.4. The monoisotopic (exact) mass is 388 g/mol. The summed E-state index contributed by atoms with van der Waals surface area (Å²) in [6, 6.07) is 19.1. The number of hydrazone groups is 1. The lowest BCUT2D eigenvalue weighted by atomic mass is 10.0. The third kappa shape index (κ3) is 3.84. The van der Waals surface area contributed by atoms with Crippen LogP contribution in [0.2, 0.25) is 0 Å². The van der Waals surface area contributed by atoms with Crippen molar-refractivity contribution in [3.05, 3.63) is 83.8 Å². The minimum absolute atomic E-state index is 0.256. The summed E-state index contributed by atoms with van der Waals surface area (Å²) < 4.78 is 18.4. The molecule has 2 N–H and O–H groups in total. The van der Waals surface area contributed by atoms with E-state index in [0.717, 1.165) is 16.3 Å². The third-order valence-corrected chi connectivity index (χ3v) is 4.44. The van der Waals surface area contributed by atoms with Crippen LogP contribution in [0.4, 0.5) is 4.39 Å². The first-order valence-corrected chi connectivity index (χ1v) is 8.86. The van der Waals surface area contributed by atoms with Gasteiger partial charge in [-0.25, -0.2) is 9.82 Å². The molecule has 0 saturated heterocycles. The molecule has 29 heavy (non-hydrogen) atoms. The van der Waals surface area contributed by atoms with Crippen molar-refractivity contribution in [3.63, 3.8) is 0 Å². The molecule has 144 valence electrons. The maximum atomic E-state index is 12.9. The number of amides is 1. The minimum atomic E-state index is -0.443. The van der Waals surface area contributed by atoms with E-state index in [1.54, 1.807) is 25.3 Å². The van der Waals surface area contributed by atoms with Gasteiger partial charge < -0.3 is 4.74 Å². The van der Waals surface area contributed by atoms with Crippen LogP contribution in [0.25, 0.3) is 22.0 Å². The Morgan fingerprint density at radius 2 is 1.93 bits per heavy atom. The number of ether oxygens (including phenoxy) is 1. The molecule has 1 amide bonds. The summed E-state index contributed by atoms with van der Waals surface area (Å²) in [4.78, 5) is 12.4. The molecule has 0 saturated carbocycles. The predicted molar refractivity (Wildman–Crippen MR) is 110 cm³/mol. The van der Waals surface area contributed by atoms with Gasteiger partial charge in [-0.15, -0.1) is 0 Å². The van der Waals surface area contributed by atoms with Crippen LogP contribution >= 0.6 is 0 Å². The highest BCUT2D eigenvalue weighted by Crippen LogP contribution is 2.36. The molecule has 4 aromatic rings. The molecule has 1 aromatic heterocycles. The summed E-state index contributed by atoms with van der Waals surface area (Å²) in [5, 5.41) is 12.9. The first-order chi connectivity index (χ1) is 14.2. The largest absolute Gasteiger partial charge is 0.496 e. The maximum absolute atomic E-state index is 12.9. The summed E-state index contributed by atoms with van der Waals surface area (Å²) >= 11 is 0. The Labute approximate surface area is 166 Å². The fraction of sp³-hybridized carbons (Fsp3) is 0.0455. The summed E-state index contributed by atoms with van der Waals surface area (Å²) in [6.45, 7) is 0. The molecule has 0 radical (unpaired) electrons. The fourth-order valence-electron chi connectivity index (χ4n) is 3.03. The number of rotatable bonds is 5. The Hall–Kier alpha value is -4.00. The molecule has 0 fully saturated rings. The molecule has 0 unspecified atom stereocenters. The van der Waals surface area contributed by atoms with Gasteiger partial charge in [0, 0.05) is 0 Å². The number of nitrogens with one attached hydrogen (secondary N) is 2. The minimum Gasteiger partial charge on any atom is -0.496 e. The molecule has 4 rings (SSSR count). The Kier molecular flexibility index (Phi) is 5.03. The third-order valence-electron chi connectivity index (χ3n) is 4.44. The van der Waals surface area contributed by atoms with Gasteiger partial charge in [-0.2, -0.15) is 10.2 Å². The number of H-pyrrole nitrogens is 1. The number of nitrogens with zero attached hydrogens (tertiary/aromatic N) is 2. The van der Waals surface area contributed by atoms with Gasteiger partial charge in [0.1, 0.15) is 17.3 Å². The van der Waals surface area contributed by atoms with Crippen LogP contribution in [-0.2, 0) is 0 Å². The van der Waals surface area contributed by atoms with E-state index in [-0.39, 0.29) is 11.5 Å². The SMILES string of the molecule is COc1ccc2ccccc2c1-c1cc(C(=O)NN=Cc2ccc(F)cc2)[nH]n1. The number of carbonyl (C=O) groups excluding carboxylic acids is 1. The highest BCUT2D eigenvalue weighted by Gasteiger charge is 2.16. The smallest absolute Gasteiger partial charge is 0.289 e. The fourth-order valence-corrected chi connectivity index (χ4v) is 3.03. The number of methoxy groups -OCH3 is 1. The number of halogens is 1. The van der Waals surface area contributed by atoms with Crippen molar-refractivity contribution < 1.29 is 13.9 Å². The van der Waals surface area contributed by atoms with Crippen molar-refractivity contribution in [3.8, 4) is 17.0 Å². The number of aromatic nitrogens is 2. The van der Waals surface area contributed by atoms with Gasteiger partial charge in [-0.3, -0.25) is 9.89 Å². The van der Waals surface area contributed by atoms with Crippen molar-refractivity contribution in [1.82, 2.24) is 15.6 Å². The average Bonchev–Trinajstić information content (AvgIpc) is 3.24. The molecule has 0 aliphatic heterocycles. The molecule has 7 heteroatoms. The van der Waals surface area contributed by atoms with E-state index in [0.29, 0.717) is 17.0 Å². The van der Waals surface area contributed by atoms with Gasteiger partial charge in [0.05, 0.1) is 24.6 Å². The van der Waals surface area contributed by atoms with Crippen LogP contribution in [0, 0.1) is 5.82 Å². The number of benzene rings is 3. The number of hydrogen-bond donors (Lipinski definition) is 2. The second-order valence-electron chi connectivity index (χ2n) is 6.28. The van der Waals surface area contributed by atoms with Crippen LogP contribution in [0.3, 0.4) is 0 Å². The molecule has 3 aromatic carbocycles. The zero-order chi connectivity index (χ0) is 20.2. The van der Waals surface area contributed by atoms with Crippen LogP contribution < -0.4 is 10.2 Å². The van der Waals surface area contributed by atoms with Crippen molar-refractivity contribution in [2.24, 2.45) is 5.10 Å². The van der Waals surface area contributed by atoms with Gasteiger partial charge in [-0.1, -0.05) is 42.5 Å². The number of carbonyl (C=O) groups is 1. The van der Waals surface area contributed by atoms with Gasteiger partial charge >= 0.3 is 0 Å². The van der Waals surface area contributed by atoms with Gasteiger partial charge in [0.2, 0.25) is 0 Å². The lowest BCUT2D eigenvalue weighted by Gasteiger charge is -2.09. The van der Waals surface area contributed by atoms with Crippen molar-refractivity contribution in [2.45, 2.75) is 0 Å². The zero-order valence-electron chi connectivity index (χ0n) is 15.5. The quantitative estimate of drug-likeness (QED) is 0.398. The van der Waals surface area contributed by atoms with Gasteiger partial charge in [-0.05, 0) is 40.6 Å². The maximum Gasteiger partial charge on any atom is 0.289 e. The number of aromatic amines is 1. The topological polar surface area (TPSA) is 79.4 Å². The predicted octanol–water partition coefficient (Wildman–Crippen LogP) is 4.14. The highest BCUT2D eigenvalue weighted by atomic mass is 19.1. The van der Waals surface area contributed by atoms with Crippen LogP contribution in [0.15, 0.2) is 71.8 Å². The molecule has 1 heterocycles. The molecule has 0 bridgehead atoms. The van der Waals surface area contributed by atoms with Crippen LogP contribution in [0.5, 0.6) is 5.75 Å². The van der Waals surface area contributed by atoms with E-state index in [2.05, 4.69) is 20.7 Å². The van der Waals surface area contributed by atoms with E-state index in [1.165, 1.54) is 18.3 Å². The molecular formula is C22H17FN4O2. The molecule has 0 aliphatic rings. The second-order valence-corrected chi connectivity index (χ2v) is 6.28. The van der Waals surface area contributed by atoms with Crippen LogP contribution in [-0.4, -0.2) is 29.4 Å². The Balaban J connectivity index is 1.58. The van der Waals surface area contributed by atoms with Crippen molar-refractivity contribution in [2.75, 3.05) is 7.11 Å². The van der Waals surface area contributed by atoms with Gasteiger partial charge in [0.15, 0.2) is 0 Å². The van der Waals surface area contributed by atoms with E-state index >= 15 is 0 Å². The summed E-state index contributed by atoms with van der Waals surface area (Å²) in [5.74, 6) is -0.113. The molecule has 6 nitrogen and oxygen atoms in total. The number of fused-ring (bicyclic) bond motifs is 1. The molecule has 0 aliphatic carbocycles. The molecule has 0 atom stereocenters. The van der Waals surface area contributed by atoms with Gasteiger partial charge in [0.25, 0.3) is 5.91 Å². The average molecular weight is 388 g/mol. The Bertz CT molecular complexity index is 1200. The zero-order valence-corrected chi connectivity index (χ0v) is 15.5. The number of hydrogen-bond acceptors (Lipinski definition) is 4. The van der Waals surface area contributed by atoms with E-state index in [4.69, 9.17) is 4.74 Å². The van der Waals surface area contributed by atoms with E-state index in [9.17, 15) is 9.18 Å². The lowest BCUT2D eigenvalue weighted by molar-refractivity contribution is 0.0950. The second kappa shape index (κ2) is 7.93. The van der Waals surface area contributed by atoms with Crippen molar-refractivity contribution >= 4 is 22.9 Å². The molecule has 0 spiro atoms. The summed E-state index contributed by atoms with van der Waals surface area (Å²) in [6.07, 6.45) is 1.43. The van der Waals surface area contributed by atoms with E-state index in [1.807, 2.05) is 36.4 Å². The Morgan fingerprint density at radius 3 is 2.72 bits per heavy atom. The lowest BCUT2D eigenvalue weighted by Crippen LogP contribution is -2.18. The first-order valence-electron chi connectivity index (χ1n) is 8.86. The highest BCUT2D eigenvalue weighted by molar-refractivity contribution is 6.00. The normalized spacial score (nSPS) is 11.1.